The molecule has 0 spiro atoms. The van der Waals surface area contributed by atoms with Gasteiger partial charge < -0.3 is 10.3 Å². The zero-order valence-corrected chi connectivity index (χ0v) is 12.6. The van der Waals surface area contributed by atoms with Gasteiger partial charge in [0.2, 0.25) is 0 Å². The lowest BCUT2D eigenvalue weighted by atomic mass is 9.88. The average molecular weight is 334 g/mol. The van der Waals surface area contributed by atoms with Crippen LogP contribution in [-0.4, -0.2) is 10.1 Å². The predicted octanol–water partition coefficient (Wildman–Crippen LogP) is 3.98. The van der Waals surface area contributed by atoms with E-state index in [9.17, 15) is 0 Å². The fourth-order valence-corrected chi connectivity index (χ4v) is 4.10. The summed E-state index contributed by atoms with van der Waals surface area (Å²) in [6.45, 7) is 0. The summed E-state index contributed by atoms with van der Waals surface area (Å²) >= 11 is 3.43. The first-order valence-corrected chi connectivity index (χ1v) is 7.89. The normalized spacial score (nSPS) is 28.1. The molecule has 0 radical (unpaired) electrons. The summed E-state index contributed by atoms with van der Waals surface area (Å²) < 4.78 is 6.30. The van der Waals surface area contributed by atoms with Gasteiger partial charge in [-0.25, -0.2) is 0 Å². The Balaban J connectivity index is 1.63. The van der Waals surface area contributed by atoms with Gasteiger partial charge in [0.1, 0.15) is 0 Å². The number of halogens is 1. The van der Waals surface area contributed by atoms with Gasteiger partial charge in [-0.2, -0.15) is 4.98 Å². The second-order valence-corrected chi connectivity index (χ2v) is 6.83. The molecule has 20 heavy (non-hydrogen) atoms. The lowest BCUT2D eigenvalue weighted by Gasteiger charge is -2.17. The number of nitrogen functional groups attached to an aromatic ring is 1. The number of benzene rings is 1. The number of hydrogen-bond acceptors (Lipinski definition) is 4. The van der Waals surface area contributed by atoms with Gasteiger partial charge in [0.05, 0.1) is 0 Å². The van der Waals surface area contributed by atoms with E-state index in [1.165, 1.54) is 25.7 Å². The molecule has 4 nitrogen and oxygen atoms in total. The fraction of sp³-hybridized carbons (Fsp3) is 0.467. The van der Waals surface area contributed by atoms with Crippen molar-refractivity contribution in [3.05, 3.63) is 28.5 Å². The van der Waals surface area contributed by atoms with Crippen LogP contribution >= 0.6 is 15.9 Å². The number of fused-ring (bicyclic) bond motifs is 2. The van der Waals surface area contributed by atoms with Crippen LogP contribution in [0.2, 0.25) is 0 Å². The molecule has 4 rings (SSSR count). The summed E-state index contributed by atoms with van der Waals surface area (Å²) in [6.07, 6.45) is 5.29. The van der Waals surface area contributed by atoms with Crippen LogP contribution in [-0.2, 0) is 0 Å². The zero-order chi connectivity index (χ0) is 13.7. The monoisotopic (exact) mass is 333 g/mol. The van der Waals surface area contributed by atoms with Gasteiger partial charge in [-0.3, -0.25) is 0 Å². The predicted molar refractivity (Wildman–Crippen MR) is 80.0 cm³/mol. The molecule has 2 aliphatic carbocycles. The number of aromatic nitrogens is 2. The van der Waals surface area contributed by atoms with Gasteiger partial charge >= 0.3 is 0 Å². The third kappa shape index (κ3) is 1.95. The molecular weight excluding hydrogens is 318 g/mol. The number of nitrogens with two attached hydrogens (primary N) is 1. The van der Waals surface area contributed by atoms with E-state index in [4.69, 9.17) is 10.3 Å². The van der Waals surface area contributed by atoms with Crippen LogP contribution in [0.3, 0.4) is 0 Å². The van der Waals surface area contributed by atoms with Gasteiger partial charge in [-0.1, -0.05) is 11.6 Å². The molecule has 2 N–H and O–H groups in total. The molecule has 2 saturated carbocycles. The molecule has 104 valence electrons. The first kappa shape index (κ1) is 12.4. The van der Waals surface area contributed by atoms with E-state index in [2.05, 4.69) is 26.1 Å². The largest absolute Gasteiger partial charge is 0.398 e. The minimum atomic E-state index is 0.503. The van der Waals surface area contributed by atoms with E-state index >= 15 is 0 Å². The van der Waals surface area contributed by atoms with Crippen molar-refractivity contribution in [2.45, 2.75) is 31.6 Å². The molecule has 2 fully saturated rings. The molecule has 3 unspecified atom stereocenters. The number of rotatable bonds is 2. The van der Waals surface area contributed by atoms with Crippen molar-refractivity contribution < 1.29 is 4.52 Å². The Bertz CT molecular complexity index is 654. The molecule has 2 bridgehead atoms. The Morgan fingerprint density at radius 3 is 2.85 bits per heavy atom. The van der Waals surface area contributed by atoms with Crippen LogP contribution < -0.4 is 5.73 Å². The van der Waals surface area contributed by atoms with Crippen molar-refractivity contribution in [2.75, 3.05) is 5.73 Å². The Labute approximate surface area is 125 Å². The summed E-state index contributed by atoms with van der Waals surface area (Å²) in [6, 6.07) is 5.69. The summed E-state index contributed by atoms with van der Waals surface area (Å²) in [5.41, 5.74) is 7.42. The molecule has 0 saturated heterocycles. The molecule has 0 aliphatic heterocycles. The highest BCUT2D eigenvalue weighted by molar-refractivity contribution is 9.10. The second-order valence-electron chi connectivity index (χ2n) is 5.98. The van der Waals surface area contributed by atoms with E-state index in [-0.39, 0.29) is 0 Å². The standard InChI is InChI=1S/C15H16BrN3O/c16-12-7-10(3-4-13(12)17)15-18-14(19-20-15)11-6-8-1-2-9(11)5-8/h3-4,7-9,11H,1-2,5-6,17H2. The van der Waals surface area contributed by atoms with E-state index in [0.717, 1.165) is 27.7 Å². The third-order valence-electron chi connectivity index (χ3n) is 4.76. The topological polar surface area (TPSA) is 64.9 Å². The van der Waals surface area contributed by atoms with Gasteiger partial charge in [0, 0.05) is 21.6 Å². The van der Waals surface area contributed by atoms with Crippen LogP contribution in [0.5, 0.6) is 0 Å². The summed E-state index contributed by atoms with van der Waals surface area (Å²) in [5, 5.41) is 4.21. The van der Waals surface area contributed by atoms with Crippen LogP contribution in [0.4, 0.5) is 5.69 Å². The zero-order valence-electron chi connectivity index (χ0n) is 11.1. The maximum Gasteiger partial charge on any atom is 0.257 e. The van der Waals surface area contributed by atoms with Gasteiger partial charge in [0.15, 0.2) is 5.82 Å². The van der Waals surface area contributed by atoms with E-state index in [0.29, 0.717) is 17.5 Å². The van der Waals surface area contributed by atoms with Crippen LogP contribution in [0.25, 0.3) is 11.5 Å². The molecule has 1 heterocycles. The lowest BCUT2D eigenvalue weighted by Crippen LogP contribution is -2.09. The molecule has 2 aromatic rings. The van der Waals surface area contributed by atoms with Gasteiger partial charge in [-0.05, 0) is 65.2 Å². The smallest absolute Gasteiger partial charge is 0.257 e. The second kappa shape index (κ2) is 4.58. The first-order valence-electron chi connectivity index (χ1n) is 7.09. The third-order valence-corrected chi connectivity index (χ3v) is 5.45. The first-order chi connectivity index (χ1) is 9.70. The average Bonchev–Trinajstić information content (AvgIpc) is 3.16. The van der Waals surface area contributed by atoms with Gasteiger partial charge in [-0.15, -0.1) is 0 Å². The van der Waals surface area contributed by atoms with Crippen molar-refractivity contribution in [1.29, 1.82) is 0 Å². The summed E-state index contributed by atoms with van der Waals surface area (Å²) in [4.78, 5) is 4.61. The lowest BCUT2D eigenvalue weighted by molar-refractivity contribution is 0.372. The minimum Gasteiger partial charge on any atom is -0.398 e. The molecule has 1 aromatic heterocycles. The van der Waals surface area contributed by atoms with E-state index in [1.807, 2.05) is 18.2 Å². The molecular formula is C15H16BrN3O. The fourth-order valence-electron chi connectivity index (χ4n) is 3.72. The highest BCUT2D eigenvalue weighted by Crippen LogP contribution is 2.52. The molecule has 5 heteroatoms. The Kier molecular flexibility index (Phi) is 2.84. The van der Waals surface area contributed by atoms with Crippen LogP contribution in [0.15, 0.2) is 27.2 Å². The van der Waals surface area contributed by atoms with Crippen molar-refractivity contribution in [2.24, 2.45) is 11.8 Å². The Hall–Kier alpha value is -1.36. The van der Waals surface area contributed by atoms with Gasteiger partial charge in [0.25, 0.3) is 5.89 Å². The molecule has 1 aromatic carbocycles. The Morgan fingerprint density at radius 1 is 1.25 bits per heavy atom. The number of hydrogen-bond donors (Lipinski definition) is 1. The molecule has 3 atom stereocenters. The maximum atomic E-state index is 5.80. The highest BCUT2D eigenvalue weighted by Gasteiger charge is 2.42. The number of anilines is 1. The van der Waals surface area contributed by atoms with Crippen molar-refractivity contribution in [1.82, 2.24) is 10.1 Å². The quantitative estimate of drug-likeness (QED) is 0.844. The van der Waals surface area contributed by atoms with Crippen LogP contribution in [0, 0.1) is 11.8 Å². The SMILES string of the molecule is Nc1ccc(-c2nc(C3CC4CCC3C4)no2)cc1Br. The van der Waals surface area contributed by atoms with E-state index < -0.39 is 0 Å². The maximum absolute atomic E-state index is 5.80. The highest BCUT2D eigenvalue weighted by atomic mass is 79.9. The Morgan fingerprint density at radius 2 is 2.15 bits per heavy atom. The van der Waals surface area contributed by atoms with Crippen molar-refractivity contribution in [3.63, 3.8) is 0 Å². The molecule has 2 aliphatic rings. The van der Waals surface area contributed by atoms with Crippen molar-refractivity contribution >= 4 is 21.6 Å². The minimum absolute atomic E-state index is 0.503. The summed E-state index contributed by atoms with van der Waals surface area (Å²) in [7, 11) is 0. The summed E-state index contributed by atoms with van der Waals surface area (Å²) in [5.74, 6) is 3.63. The molecule has 0 amide bonds. The van der Waals surface area contributed by atoms with E-state index in [1.54, 1.807) is 0 Å². The van der Waals surface area contributed by atoms with Crippen LogP contribution in [0.1, 0.15) is 37.4 Å². The van der Waals surface area contributed by atoms with Crippen molar-refractivity contribution in [3.8, 4) is 11.5 Å². The number of nitrogens with zero attached hydrogens (tertiary/aromatic N) is 2.